The van der Waals surface area contributed by atoms with Gasteiger partial charge in [-0.2, -0.15) is 10.1 Å². The lowest BCUT2D eigenvalue weighted by molar-refractivity contribution is -0.133. The monoisotopic (exact) mass is 841 g/mol. The first-order chi connectivity index (χ1) is 29.7. The van der Waals surface area contributed by atoms with E-state index in [4.69, 9.17) is 41.2 Å². The fourth-order valence-corrected chi connectivity index (χ4v) is 7.24. The Hall–Kier alpha value is -6.06. The van der Waals surface area contributed by atoms with Gasteiger partial charge >= 0.3 is 0 Å². The number of nitrogens with two attached hydrogens (primary N) is 3. The van der Waals surface area contributed by atoms with E-state index in [-0.39, 0.29) is 34.6 Å². The molecule has 2 amide bonds. The molecule has 0 radical (unpaired) electrons. The van der Waals surface area contributed by atoms with Crippen molar-refractivity contribution < 1.29 is 33.6 Å². The topological polar surface area (TPSA) is 268 Å². The Bertz CT molecular complexity index is 2280. The number of ether oxygens (including phenoxy) is 4. The number of nitrogens with one attached hydrogen (secondary N) is 3. The predicted octanol–water partition coefficient (Wildman–Crippen LogP) is -1.36. The molecule has 326 valence electrons. The largest absolute Gasteiger partial charge is 0.506 e. The minimum atomic E-state index is -0.348. The number of carbonyl (C=O) groups excluding carboxylic acids is 2. The van der Waals surface area contributed by atoms with E-state index in [2.05, 4.69) is 49.1 Å². The van der Waals surface area contributed by atoms with Gasteiger partial charge in [-0.1, -0.05) is 18.2 Å². The highest BCUT2D eigenvalue weighted by molar-refractivity contribution is 5.98. The highest BCUT2D eigenvalue weighted by atomic mass is 16.6. The predicted molar refractivity (Wildman–Crippen MR) is 227 cm³/mol. The van der Waals surface area contributed by atoms with Crippen LogP contribution in [0.5, 0.6) is 5.75 Å². The van der Waals surface area contributed by atoms with Crippen LogP contribution < -0.4 is 48.8 Å². The standard InChI is InChI=1S/C41H55N13O7/c42-32-22-29(3-4-33(32)55)36-35-38(44)48-26-49-39(35)54(51-36)24-27-1-2-30-25-53(10-5-28(30)21-27)34(56)6-13-58-15-17-60-19-20-61-18-16-59-14-9-46-40(57)31-23-47-41(50-37(31)43)52-11-7-45-8-12-52/h1-4,21-23,45,48,55H,5-20,24-26,42,44H2,(H,46,57)(H2,43,47,50). The minimum absolute atomic E-state index is 0.00543. The molecule has 5 heterocycles. The number of piperazine rings is 1. The summed E-state index contributed by atoms with van der Waals surface area (Å²) in [5.41, 5.74) is 24.3. The van der Waals surface area contributed by atoms with Crippen molar-refractivity contribution in [2.45, 2.75) is 25.9 Å². The van der Waals surface area contributed by atoms with Crippen LogP contribution in [0, 0.1) is 0 Å². The Morgan fingerprint density at radius 3 is 2.34 bits per heavy atom. The molecule has 2 aromatic heterocycles. The molecule has 20 nitrogen and oxygen atoms in total. The molecular weight excluding hydrogens is 787 g/mol. The number of phenolic OH excluding ortho intramolecular Hbond substituents is 1. The highest BCUT2D eigenvalue weighted by Crippen LogP contribution is 2.26. The van der Waals surface area contributed by atoms with Gasteiger partial charge in [-0.05, 0) is 41.3 Å². The fourth-order valence-electron chi connectivity index (χ4n) is 7.24. The smallest absolute Gasteiger partial charge is 0.256 e. The number of nitrogens with zero attached hydrogens (tertiary/aromatic N) is 7. The van der Waals surface area contributed by atoms with Gasteiger partial charge in [0.05, 0.1) is 82.3 Å². The van der Waals surface area contributed by atoms with Gasteiger partial charge in [-0.25, -0.2) is 14.7 Å². The van der Waals surface area contributed by atoms with Crippen molar-refractivity contribution in [1.82, 2.24) is 40.6 Å². The van der Waals surface area contributed by atoms with Crippen molar-refractivity contribution in [3.63, 3.8) is 0 Å². The molecule has 61 heavy (non-hydrogen) atoms. The zero-order valence-corrected chi connectivity index (χ0v) is 34.2. The number of amides is 2. The van der Waals surface area contributed by atoms with Gasteiger partial charge in [-0.3, -0.25) is 9.59 Å². The van der Waals surface area contributed by atoms with Gasteiger partial charge in [0.1, 0.15) is 29.8 Å². The average molecular weight is 842 g/mol. The van der Waals surface area contributed by atoms with Crippen LogP contribution in [-0.4, -0.2) is 140 Å². The SMILES string of the molecule is NC1=c2c(-c3ccc(O)c(N)c3)nn(Cc3ccc4c(c3)CCN(C(=O)CCOCCOCCOCCOCCNC(=O)c3cnc(N5CCNCC5)nc3N)C4)c2=NCN1. The molecule has 3 aliphatic heterocycles. The second kappa shape index (κ2) is 21.0. The summed E-state index contributed by atoms with van der Waals surface area (Å²) in [6, 6.07) is 11.3. The molecule has 1 saturated heterocycles. The minimum Gasteiger partial charge on any atom is -0.506 e. The maximum atomic E-state index is 13.0. The maximum Gasteiger partial charge on any atom is 0.256 e. The Labute approximate surface area is 353 Å². The molecule has 2 aromatic carbocycles. The molecule has 20 heteroatoms. The van der Waals surface area contributed by atoms with E-state index < -0.39 is 0 Å². The fraction of sp³-hybridized carbons (Fsp3) is 0.463. The average Bonchev–Trinajstić information content (AvgIpc) is 3.64. The van der Waals surface area contributed by atoms with Gasteiger partial charge < -0.3 is 67.0 Å². The second-order valence-electron chi connectivity index (χ2n) is 14.7. The third kappa shape index (κ3) is 11.2. The third-order valence-electron chi connectivity index (χ3n) is 10.5. The lowest BCUT2D eigenvalue weighted by atomic mass is 9.97. The number of fused-ring (bicyclic) bond motifs is 2. The number of phenols is 1. The summed E-state index contributed by atoms with van der Waals surface area (Å²) in [5, 5.41) is 24.6. The lowest BCUT2D eigenvalue weighted by Gasteiger charge is -2.29. The molecule has 0 aliphatic carbocycles. The Balaban J connectivity index is 0.726. The summed E-state index contributed by atoms with van der Waals surface area (Å²) in [6.07, 6.45) is 2.51. The van der Waals surface area contributed by atoms with Crippen LogP contribution >= 0.6 is 0 Å². The van der Waals surface area contributed by atoms with Crippen molar-refractivity contribution in [3.05, 3.63) is 75.6 Å². The van der Waals surface area contributed by atoms with Crippen molar-refractivity contribution >= 4 is 35.1 Å². The van der Waals surface area contributed by atoms with Crippen LogP contribution in [0.15, 0.2) is 47.6 Å². The summed E-state index contributed by atoms with van der Waals surface area (Å²) < 4.78 is 24.2. The van der Waals surface area contributed by atoms with Gasteiger partial charge in [-0.15, -0.1) is 0 Å². The number of carbonyl (C=O) groups is 2. The van der Waals surface area contributed by atoms with Crippen LogP contribution in [0.2, 0.25) is 0 Å². The quantitative estimate of drug-likeness (QED) is 0.0308. The molecule has 0 bridgehead atoms. The summed E-state index contributed by atoms with van der Waals surface area (Å²) in [6.45, 7) is 8.59. The van der Waals surface area contributed by atoms with E-state index in [0.29, 0.717) is 120 Å². The van der Waals surface area contributed by atoms with Crippen molar-refractivity contribution in [1.29, 1.82) is 0 Å². The number of hydrogen-bond acceptors (Lipinski definition) is 17. The summed E-state index contributed by atoms with van der Waals surface area (Å²) in [5.74, 6) is 0.871. The van der Waals surface area contributed by atoms with Crippen LogP contribution in [0.25, 0.3) is 17.1 Å². The van der Waals surface area contributed by atoms with Gasteiger partial charge in [0.2, 0.25) is 11.9 Å². The third-order valence-corrected chi connectivity index (χ3v) is 10.5. The second-order valence-corrected chi connectivity index (χ2v) is 14.7. The van der Waals surface area contributed by atoms with E-state index in [0.717, 1.165) is 49.3 Å². The molecule has 0 spiro atoms. The van der Waals surface area contributed by atoms with Gasteiger partial charge in [0.15, 0.2) is 5.49 Å². The molecule has 0 saturated carbocycles. The molecule has 1 fully saturated rings. The van der Waals surface area contributed by atoms with Gasteiger partial charge in [0.25, 0.3) is 5.91 Å². The summed E-state index contributed by atoms with van der Waals surface area (Å²) in [4.78, 5) is 42.7. The Morgan fingerprint density at radius 1 is 0.869 bits per heavy atom. The van der Waals surface area contributed by atoms with E-state index >= 15 is 0 Å². The highest BCUT2D eigenvalue weighted by Gasteiger charge is 2.22. The van der Waals surface area contributed by atoms with E-state index in [1.54, 1.807) is 18.2 Å². The zero-order valence-electron chi connectivity index (χ0n) is 34.2. The van der Waals surface area contributed by atoms with Crippen molar-refractivity contribution in [2.24, 2.45) is 10.7 Å². The lowest BCUT2D eigenvalue weighted by Crippen LogP contribution is -2.44. The molecule has 10 N–H and O–H groups in total. The zero-order chi connectivity index (χ0) is 42.6. The number of benzene rings is 2. The van der Waals surface area contributed by atoms with E-state index in [1.807, 2.05) is 14.5 Å². The first-order valence-corrected chi connectivity index (χ1v) is 20.5. The number of hydrogen-bond donors (Lipinski definition) is 7. The summed E-state index contributed by atoms with van der Waals surface area (Å²) >= 11 is 0. The first-order valence-electron chi connectivity index (χ1n) is 20.5. The number of aromatic nitrogens is 4. The molecule has 4 aromatic rings. The Morgan fingerprint density at radius 2 is 1.61 bits per heavy atom. The number of aromatic hydroxyl groups is 1. The first kappa shape index (κ1) is 43.0. The molecule has 0 atom stereocenters. The molecule has 7 rings (SSSR count). The maximum absolute atomic E-state index is 13.0. The van der Waals surface area contributed by atoms with Crippen LogP contribution in [0.1, 0.15) is 33.5 Å². The summed E-state index contributed by atoms with van der Waals surface area (Å²) in [7, 11) is 0. The molecular formula is C41H55N13O7. The van der Waals surface area contributed by atoms with Gasteiger partial charge in [0, 0.05) is 57.6 Å². The van der Waals surface area contributed by atoms with Crippen molar-refractivity contribution in [3.8, 4) is 17.0 Å². The number of nitrogen functional groups attached to an aromatic ring is 2. The number of rotatable bonds is 20. The van der Waals surface area contributed by atoms with Crippen molar-refractivity contribution in [2.75, 3.05) is 115 Å². The number of anilines is 3. The molecule has 3 aliphatic rings. The normalized spacial score (nSPS) is 14.9. The van der Waals surface area contributed by atoms with E-state index in [9.17, 15) is 14.7 Å². The van der Waals surface area contributed by atoms with E-state index in [1.165, 1.54) is 11.8 Å². The van der Waals surface area contributed by atoms with Crippen LogP contribution in [-0.2, 0) is 43.3 Å². The van der Waals surface area contributed by atoms with Crippen LogP contribution in [0.4, 0.5) is 17.5 Å². The Kier molecular flexibility index (Phi) is 14.8. The molecule has 0 unspecified atom stereocenters. The van der Waals surface area contributed by atoms with Crippen LogP contribution in [0.3, 0.4) is 0 Å².